The highest BCUT2D eigenvalue weighted by atomic mass is 32.1. The molecule has 1 aromatic heterocycles. The standard InChI is InChI=1S/C19H24F2N4O5S/c1-10-12(9-23-4-3-22-14(26)16(23)28)31-17-13(10)15(27)25(11-7-19(20,21)8-11)18(29)24(17)5-6-30-2/h11,18,29H,3-9H2,1-2H3,(H,22,26). The van der Waals surface area contributed by atoms with E-state index >= 15 is 0 Å². The summed E-state index contributed by atoms with van der Waals surface area (Å²) >= 11 is 1.25. The fraction of sp³-hybridized carbons (Fsp3) is 0.632. The molecule has 2 fully saturated rings. The van der Waals surface area contributed by atoms with Gasteiger partial charge in [-0.05, 0) is 12.5 Å². The maximum absolute atomic E-state index is 13.5. The summed E-state index contributed by atoms with van der Waals surface area (Å²) in [6.45, 7) is 3.09. The molecule has 3 heterocycles. The average Bonchev–Trinajstić information content (AvgIpc) is 3.00. The van der Waals surface area contributed by atoms with Crippen LogP contribution in [0.25, 0.3) is 0 Å². The minimum Gasteiger partial charge on any atom is -0.383 e. The van der Waals surface area contributed by atoms with Crippen LogP contribution in [0.1, 0.15) is 33.6 Å². The minimum atomic E-state index is -2.84. The lowest BCUT2D eigenvalue weighted by Gasteiger charge is -2.49. The van der Waals surface area contributed by atoms with E-state index in [9.17, 15) is 28.3 Å². The van der Waals surface area contributed by atoms with E-state index < -0.39 is 48.9 Å². The van der Waals surface area contributed by atoms with Crippen molar-refractivity contribution in [3.63, 3.8) is 0 Å². The van der Waals surface area contributed by atoms with E-state index in [0.717, 1.165) is 4.90 Å². The molecule has 2 aliphatic heterocycles. The number of piperazine rings is 1. The molecule has 0 aromatic carbocycles. The van der Waals surface area contributed by atoms with Gasteiger partial charge in [0.1, 0.15) is 5.00 Å². The molecule has 3 aliphatic rings. The number of thiophene rings is 1. The number of aliphatic hydroxyl groups excluding tert-OH is 1. The second-order valence-corrected chi connectivity index (χ2v) is 9.06. The zero-order valence-electron chi connectivity index (χ0n) is 17.2. The van der Waals surface area contributed by atoms with Crippen molar-refractivity contribution >= 4 is 34.1 Å². The van der Waals surface area contributed by atoms with Gasteiger partial charge in [0, 0.05) is 50.5 Å². The molecule has 0 spiro atoms. The topological polar surface area (TPSA) is 102 Å². The molecular formula is C19H24F2N4O5S. The summed E-state index contributed by atoms with van der Waals surface area (Å²) in [5, 5.41) is 13.9. The average molecular weight is 458 g/mol. The van der Waals surface area contributed by atoms with Gasteiger partial charge in [-0.1, -0.05) is 0 Å². The molecule has 0 radical (unpaired) electrons. The summed E-state index contributed by atoms with van der Waals surface area (Å²) in [6.07, 6.45) is -2.36. The van der Waals surface area contributed by atoms with Gasteiger partial charge in [-0.15, -0.1) is 11.3 Å². The molecule has 170 valence electrons. The highest BCUT2D eigenvalue weighted by Crippen LogP contribution is 2.47. The van der Waals surface area contributed by atoms with E-state index in [1.807, 2.05) is 0 Å². The molecule has 1 atom stereocenters. The molecule has 4 rings (SSSR count). The summed E-state index contributed by atoms with van der Waals surface area (Å²) < 4.78 is 32.1. The van der Waals surface area contributed by atoms with E-state index in [1.54, 1.807) is 11.8 Å². The Morgan fingerprint density at radius 1 is 1.26 bits per heavy atom. The van der Waals surface area contributed by atoms with Crippen LogP contribution < -0.4 is 10.2 Å². The largest absolute Gasteiger partial charge is 0.383 e. The zero-order valence-corrected chi connectivity index (χ0v) is 18.0. The highest BCUT2D eigenvalue weighted by molar-refractivity contribution is 7.16. The van der Waals surface area contributed by atoms with E-state index in [-0.39, 0.29) is 19.7 Å². The number of halogens is 2. The number of carbonyl (C=O) groups is 3. The number of hydrogen-bond donors (Lipinski definition) is 2. The van der Waals surface area contributed by atoms with Gasteiger partial charge in [0.15, 0.2) is 0 Å². The number of rotatable bonds is 6. The van der Waals surface area contributed by atoms with Crippen LogP contribution in [-0.2, 0) is 20.9 Å². The Morgan fingerprint density at radius 3 is 2.61 bits per heavy atom. The second-order valence-electron chi connectivity index (χ2n) is 7.98. The van der Waals surface area contributed by atoms with E-state index in [0.29, 0.717) is 34.1 Å². The lowest BCUT2D eigenvalue weighted by molar-refractivity contribution is -0.148. The molecule has 1 saturated carbocycles. The summed E-state index contributed by atoms with van der Waals surface area (Å²) in [5.74, 6) is -4.65. The first kappa shape index (κ1) is 21.9. The minimum absolute atomic E-state index is 0.152. The van der Waals surface area contributed by atoms with Crippen molar-refractivity contribution in [1.29, 1.82) is 0 Å². The van der Waals surface area contributed by atoms with Crippen molar-refractivity contribution in [1.82, 2.24) is 15.1 Å². The molecule has 12 heteroatoms. The fourth-order valence-corrected chi connectivity index (χ4v) is 5.53. The number of alkyl halides is 2. The monoisotopic (exact) mass is 458 g/mol. The lowest BCUT2D eigenvalue weighted by atomic mass is 9.86. The number of hydrogen-bond acceptors (Lipinski definition) is 7. The second kappa shape index (κ2) is 7.99. The number of fused-ring (bicyclic) bond motifs is 1. The molecule has 1 aromatic rings. The number of anilines is 1. The maximum atomic E-state index is 13.5. The number of carbonyl (C=O) groups excluding carboxylic acids is 3. The number of amides is 3. The van der Waals surface area contributed by atoms with Gasteiger partial charge >= 0.3 is 11.8 Å². The van der Waals surface area contributed by atoms with Gasteiger partial charge in [0.05, 0.1) is 18.7 Å². The maximum Gasteiger partial charge on any atom is 0.312 e. The van der Waals surface area contributed by atoms with Crippen molar-refractivity contribution in [2.75, 3.05) is 38.3 Å². The molecular weight excluding hydrogens is 434 g/mol. The van der Waals surface area contributed by atoms with Crippen LogP contribution in [0.2, 0.25) is 0 Å². The van der Waals surface area contributed by atoms with Crippen molar-refractivity contribution < 1.29 is 33.0 Å². The van der Waals surface area contributed by atoms with Crippen molar-refractivity contribution in [3.8, 4) is 0 Å². The number of ether oxygens (including phenoxy) is 1. The van der Waals surface area contributed by atoms with E-state index in [4.69, 9.17) is 4.74 Å². The van der Waals surface area contributed by atoms with Crippen molar-refractivity contribution in [2.45, 2.75) is 44.6 Å². The Labute approximate surface area is 181 Å². The normalized spacial score (nSPS) is 23.7. The fourth-order valence-electron chi connectivity index (χ4n) is 4.17. The Hall–Kier alpha value is -2.31. The van der Waals surface area contributed by atoms with Crippen LogP contribution in [0.3, 0.4) is 0 Å². The Balaban J connectivity index is 1.67. The Bertz CT molecular complexity index is 915. The van der Waals surface area contributed by atoms with Gasteiger partial charge in [0.25, 0.3) is 11.8 Å². The van der Waals surface area contributed by atoms with E-state index in [1.165, 1.54) is 23.3 Å². The first-order chi connectivity index (χ1) is 14.6. The molecule has 3 amide bonds. The SMILES string of the molecule is COCCN1c2sc(CN3CCNC(=O)C3=O)c(C)c2C(=O)N(C2CC(F)(F)C2)C1O. The van der Waals surface area contributed by atoms with Crippen LogP contribution in [0.4, 0.5) is 13.8 Å². The number of nitrogens with one attached hydrogen (secondary N) is 1. The van der Waals surface area contributed by atoms with Gasteiger partial charge < -0.3 is 25.0 Å². The van der Waals surface area contributed by atoms with Gasteiger partial charge in [-0.25, -0.2) is 8.78 Å². The smallest absolute Gasteiger partial charge is 0.312 e. The third-order valence-corrected chi connectivity index (χ3v) is 7.26. The summed E-state index contributed by atoms with van der Waals surface area (Å²) in [5.41, 5.74) is 0.958. The van der Waals surface area contributed by atoms with Gasteiger partial charge in [-0.2, -0.15) is 0 Å². The van der Waals surface area contributed by atoms with Crippen molar-refractivity contribution in [3.05, 3.63) is 16.0 Å². The number of aliphatic hydroxyl groups is 1. The molecule has 31 heavy (non-hydrogen) atoms. The predicted molar refractivity (Wildman–Crippen MR) is 107 cm³/mol. The van der Waals surface area contributed by atoms with E-state index in [2.05, 4.69) is 5.32 Å². The van der Waals surface area contributed by atoms with Crippen LogP contribution in [0, 0.1) is 6.92 Å². The summed E-state index contributed by atoms with van der Waals surface area (Å²) in [7, 11) is 1.50. The van der Waals surface area contributed by atoms with Crippen molar-refractivity contribution in [2.24, 2.45) is 0 Å². The van der Waals surface area contributed by atoms with Gasteiger partial charge in [-0.3, -0.25) is 19.3 Å². The van der Waals surface area contributed by atoms with Crippen LogP contribution >= 0.6 is 11.3 Å². The highest BCUT2D eigenvalue weighted by Gasteiger charge is 2.53. The Morgan fingerprint density at radius 2 is 1.97 bits per heavy atom. The van der Waals surface area contributed by atoms with Crippen LogP contribution in [0.15, 0.2) is 0 Å². The molecule has 1 saturated heterocycles. The first-order valence-corrected chi connectivity index (χ1v) is 10.8. The predicted octanol–water partition coefficient (Wildman–Crippen LogP) is 0.497. The molecule has 1 unspecified atom stereocenters. The molecule has 0 bridgehead atoms. The van der Waals surface area contributed by atoms with Crippen LogP contribution in [-0.4, -0.2) is 84.3 Å². The summed E-state index contributed by atoms with van der Waals surface area (Å²) in [6, 6.07) is -0.759. The quantitative estimate of drug-likeness (QED) is 0.602. The van der Waals surface area contributed by atoms with Crippen LogP contribution in [0.5, 0.6) is 0 Å². The zero-order chi connectivity index (χ0) is 22.5. The molecule has 2 N–H and O–H groups in total. The Kier molecular flexibility index (Phi) is 5.64. The third-order valence-electron chi connectivity index (χ3n) is 5.95. The summed E-state index contributed by atoms with van der Waals surface area (Å²) in [4.78, 5) is 41.9. The molecule has 9 nitrogen and oxygen atoms in total. The number of methoxy groups -OCH3 is 1. The molecule has 1 aliphatic carbocycles. The third kappa shape index (κ3) is 3.76. The number of nitrogens with zero attached hydrogens (tertiary/aromatic N) is 3. The lowest BCUT2D eigenvalue weighted by Crippen LogP contribution is -2.63. The first-order valence-electron chi connectivity index (χ1n) is 9.98. The van der Waals surface area contributed by atoms with Gasteiger partial charge in [0.2, 0.25) is 6.35 Å².